The number of aromatic nitrogens is 4. The van der Waals surface area contributed by atoms with Crippen LogP contribution in [0.4, 0.5) is 5.82 Å². The van der Waals surface area contributed by atoms with Gasteiger partial charge in [-0.25, -0.2) is 9.97 Å². The molecule has 3 rings (SSSR count). The van der Waals surface area contributed by atoms with Gasteiger partial charge in [0, 0.05) is 37.0 Å². The fraction of sp³-hybridized carbons (Fsp3) is 0.562. The van der Waals surface area contributed by atoms with Gasteiger partial charge in [0.25, 0.3) is 0 Å². The van der Waals surface area contributed by atoms with Crippen molar-refractivity contribution in [1.82, 2.24) is 19.7 Å². The normalized spacial score (nSPS) is 15.5. The molecule has 21 heavy (non-hydrogen) atoms. The summed E-state index contributed by atoms with van der Waals surface area (Å²) < 4.78 is 1.91. The summed E-state index contributed by atoms with van der Waals surface area (Å²) in [6, 6.07) is 2.12. The highest BCUT2D eigenvalue weighted by Gasteiger charge is 2.20. The average Bonchev–Trinajstić information content (AvgIpc) is 3.19. The Morgan fingerprint density at radius 1 is 1.24 bits per heavy atom. The largest absolute Gasteiger partial charge is 0.370 e. The Bertz CT molecular complexity index is 598. The second-order valence-corrected chi connectivity index (χ2v) is 5.60. The van der Waals surface area contributed by atoms with Crippen molar-refractivity contribution in [3.8, 4) is 11.4 Å². The first kappa shape index (κ1) is 14.0. The van der Waals surface area contributed by atoms with Crippen molar-refractivity contribution in [2.75, 3.05) is 11.9 Å². The van der Waals surface area contributed by atoms with E-state index in [1.54, 1.807) is 0 Å². The molecular weight excluding hydrogens is 262 g/mol. The first-order valence-electron chi connectivity index (χ1n) is 7.95. The molecule has 2 aromatic rings. The summed E-state index contributed by atoms with van der Waals surface area (Å²) in [4.78, 5) is 9.45. The van der Waals surface area contributed by atoms with Crippen molar-refractivity contribution < 1.29 is 0 Å². The Kier molecular flexibility index (Phi) is 4.18. The van der Waals surface area contributed by atoms with Crippen LogP contribution in [0.5, 0.6) is 0 Å². The third kappa shape index (κ3) is 3.06. The summed E-state index contributed by atoms with van der Waals surface area (Å²) in [5.41, 5.74) is 2.17. The number of hydrogen-bond acceptors (Lipinski definition) is 4. The molecule has 0 radical (unpaired) electrons. The van der Waals surface area contributed by atoms with Gasteiger partial charge in [-0.3, -0.25) is 4.68 Å². The molecule has 0 unspecified atom stereocenters. The Morgan fingerprint density at radius 3 is 2.71 bits per heavy atom. The van der Waals surface area contributed by atoms with Gasteiger partial charge in [-0.05, 0) is 26.7 Å². The smallest absolute Gasteiger partial charge is 0.164 e. The van der Waals surface area contributed by atoms with Gasteiger partial charge in [0.15, 0.2) is 5.82 Å². The molecule has 0 aliphatic heterocycles. The van der Waals surface area contributed by atoms with Crippen molar-refractivity contribution in [1.29, 1.82) is 0 Å². The number of hydrogen-bond donors (Lipinski definition) is 1. The van der Waals surface area contributed by atoms with Crippen LogP contribution in [0.3, 0.4) is 0 Å². The molecule has 2 aromatic heterocycles. The molecular formula is C16H23N5. The standard InChI is InChI=1S/C16H23N5/c1-3-17-15-9-14(12-7-5-6-8-12)19-16(20-15)13-10-18-21(4-2)11-13/h9-12H,3-8H2,1-2H3,(H,17,19,20). The third-order valence-corrected chi connectivity index (χ3v) is 4.09. The number of rotatable bonds is 5. The van der Waals surface area contributed by atoms with Crippen LogP contribution >= 0.6 is 0 Å². The molecule has 0 saturated heterocycles. The summed E-state index contributed by atoms with van der Waals surface area (Å²) in [6.07, 6.45) is 8.99. The molecule has 1 saturated carbocycles. The average molecular weight is 285 g/mol. The van der Waals surface area contributed by atoms with E-state index in [4.69, 9.17) is 4.98 Å². The van der Waals surface area contributed by atoms with Crippen molar-refractivity contribution in [2.24, 2.45) is 0 Å². The molecule has 1 aliphatic carbocycles. The van der Waals surface area contributed by atoms with Crippen LogP contribution in [0.2, 0.25) is 0 Å². The molecule has 1 fully saturated rings. The van der Waals surface area contributed by atoms with E-state index in [0.717, 1.165) is 30.3 Å². The maximum absolute atomic E-state index is 4.81. The number of nitrogens with one attached hydrogen (secondary N) is 1. The van der Waals surface area contributed by atoms with Crippen LogP contribution in [0.25, 0.3) is 11.4 Å². The van der Waals surface area contributed by atoms with Gasteiger partial charge in [0.1, 0.15) is 5.82 Å². The van der Waals surface area contributed by atoms with Gasteiger partial charge in [-0.1, -0.05) is 12.8 Å². The van der Waals surface area contributed by atoms with E-state index in [2.05, 4.69) is 35.3 Å². The van der Waals surface area contributed by atoms with Gasteiger partial charge in [-0.15, -0.1) is 0 Å². The molecule has 112 valence electrons. The van der Waals surface area contributed by atoms with Crippen molar-refractivity contribution >= 4 is 5.82 Å². The summed E-state index contributed by atoms with van der Waals surface area (Å²) >= 11 is 0. The maximum atomic E-state index is 4.81. The fourth-order valence-electron chi connectivity index (χ4n) is 2.95. The van der Waals surface area contributed by atoms with Gasteiger partial charge in [0.2, 0.25) is 0 Å². The zero-order chi connectivity index (χ0) is 14.7. The van der Waals surface area contributed by atoms with Gasteiger partial charge in [0.05, 0.1) is 11.8 Å². The lowest BCUT2D eigenvalue weighted by molar-refractivity contribution is 0.660. The van der Waals surface area contributed by atoms with Crippen molar-refractivity contribution in [2.45, 2.75) is 52.0 Å². The predicted octanol–water partition coefficient (Wildman–Crippen LogP) is 3.45. The number of aryl methyl sites for hydroxylation is 1. The lowest BCUT2D eigenvalue weighted by Gasteiger charge is -2.12. The molecule has 0 spiro atoms. The van der Waals surface area contributed by atoms with E-state index in [9.17, 15) is 0 Å². The Balaban J connectivity index is 1.97. The van der Waals surface area contributed by atoms with Crippen LogP contribution in [0.1, 0.15) is 51.1 Å². The molecule has 5 heteroatoms. The highest BCUT2D eigenvalue weighted by Crippen LogP contribution is 2.34. The first-order valence-corrected chi connectivity index (χ1v) is 7.95. The maximum Gasteiger partial charge on any atom is 0.164 e. The molecule has 2 heterocycles. The first-order chi connectivity index (χ1) is 10.3. The molecule has 0 bridgehead atoms. The molecule has 1 aliphatic rings. The minimum absolute atomic E-state index is 0.588. The second kappa shape index (κ2) is 6.24. The van der Waals surface area contributed by atoms with Gasteiger partial charge in [-0.2, -0.15) is 5.10 Å². The molecule has 1 N–H and O–H groups in total. The minimum Gasteiger partial charge on any atom is -0.370 e. The summed E-state index contributed by atoms with van der Waals surface area (Å²) in [7, 11) is 0. The van der Waals surface area contributed by atoms with Gasteiger partial charge < -0.3 is 5.32 Å². The highest BCUT2D eigenvalue weighted by molar-refractivity contribution is 5.56. The van der Waals surface area contributed by atoms with E-state index in [0.29, 0.717) is 5.92 Å². The lowest BCUT2D eigenvalue weighted by Crippen LogP contribution is -2.06. The predicted molar refractivity (Wildman–Crippen MR) is 84.3 cm³/mol. The number of anilines is 1. The quantitative estimate of drug-likeness (QED) is 0.914. The zero-order valence-corrected chi connectivity index (χ0v) is 12.8. The molecule has 0 amide bonds. The molecule has 0 atom stereocenters. The molecule has 0 aromatic carbocycles. The summed E-state index contributed by atoms with van der Waals surface area (Å²) in [6.45, 7) is 5.90. The fourth-order valence-corrected chi connectivity index (χ4v) is 2.95. The van der Waals surface area contributed by atoms with Crippen molar-refractivity contribution in [3.05, 3.63) is 24.2 Å². The van der Waals surface area contributed by atoms with E-state index in [1.807, 2.05) is 17.1 Å². The monoisotopic (exact) mass is 285 g/mol. The zero-order valence-electron chi connectivity index (χ0n) is 12.8. The Hall–Kier alpha value is -1.91. The van der Waals surface area contributed by atoms with E-state index < -0.39 is 0 Å². The third-order valence-electron chi connectivity index (χ3n) is 4.09. The SMILES string of the molecule is CCNc1cc(C2CCCC2)nc(-c2cnn(CC)c2)n1. The van der Waals surface area contributed by atoms with Crippen LogP contribution in [0.15, 0.2) is 18.5 Å². The van der Waals surface area contributed by atoms with Crippen LogP contribution in [0, 0.1) is 0 Å². The Labute approximate surface area is 125 Å². The highest BCUT2D eigenvalue weighted by atomic mass is 15.3. The number of nitrogens with zero attached hydrogens (tertiary/aromatic N) is 4. The summed E-state index contributed by atoms with van der Waals surface area (Å²) in [5, 5.41) is 7.65. The van der Waals surface area contributed by atoms with Gasteiger partial charge >= 0.3 is 0 Å². The second-order valence-electron chi connectivity index (χ2n) is 5.60. The Morgan fingerprint density at radius 2 is 2.05 bits per heavy atom. The molecule has 5 nitrogen and oxygen atoms in total. The summed E-state index contributed by atoms with van der Waals surface area (Å²) in [5.74, 6) is 2.30. The van der Waals surface area contributed by atoms with Crippen LogP contribution in [-0.2, 0) is 6.54 Å². The van der Waals surface area contributed by atoms with E-state index >= 15 is 0 Å². The van der Waals surface area contributed by atoms with E-state index in [1.165, 1.54) is 31.4 Å². The van der Waals surface area contributed by atoms with Crippen LogP contribution in [-0.4, -0.2) is 26.3 Å². The minimum atomic E-state index is 0.588. The lowest BCUT2D eigenvalue weighted by atomic mass is 10.0. The van der Waals surface area contributed by atoms with Crippen molar-refractivity contribution in [3.63, 3.8) is 0 Å². The van der Waals surface area contributed by atoms with E-state index in [-0.39, 0.29) is 0 Å². The topological polar surface area (TPSA) is 55.6 Å². The van der Waals surface area contributed by atoms with Crippen LogP contribution < -0.4 is 5.32 Å².